The highest BCUT2D eigenvalue weighted by Crippen LogP contribution is 2.36. The van der Waals surface area contributed by atoms with Crippen LogP contribution < -0.4 is 5.73 Å². The quantitative estimate of drug-likeness (QED) is 0.795. The van der Waals surface area contributed by atoms with Gasteiger partial charge in [0.1, 0.15) is 0 Å². The summed E-state index contributed by atoms with van der Waals surface area (Å²) in [7, 11) is 0. The fourth-order valence-corrected chi connectivity index (χ4v) is 3.21. The van der Waals surface area contributed by atoms with E-state index in [2.05, 4.69) is 18.7 Å². The summed E-state index contributed by atoms with van der Waals surface area (Å²) in [5.41, 5.74) is 6.34. The molecule has 1 aliphatic carbocycles. The molecule has 0 aromatic heterocycles. The van der Waals surface area contributed by atoms with E-state index < -0.39 is 0 Å². The summed E-state index contributed by atoms with van der Waals surface area (Å²) in [4.78, 5) is 2.67. The summed E-state index contributed by atoms with van der Waals surface area (Å²) in [5.74, 6) is 1.88. The van der Waals surface area contributed by atoms with Gasteiger partial charge in [-0.25, -0.2) is 0 Å². The molecule has 94 valence electrons. The summed E-state index contributed by atoms with van der Waals surface area (Å²) in [6.45, 7) is 8.13. The van der Waals surface area contributed by atoms with Crippen molar-refractivity contribution in [1.82, 2.24) is 4.90 Å². The first kappa shape index (κ1) is 12.4. The summed E-state index contributed by atoms with van der Waals surface area (Å²) in [6, 6.07) is 0. The molecule has 2 fully saturated rings. The van der Waals surface area contributed by atoms with Gasteiger partial charge in [0.2, 0.25) is 0 Å². The van der Waals surface area contributed by atoms with E-state index >= 15 is 0 Å². The van der Waals surface area contributed by atoms with Crippen molar-refractivity contribution < 1.29 is 0 Å². The number of nitrogens with two attached hydrogens (primary N) is 1. The van der Waals surface area contributed by atoms with Crippen molar-refractivity contribution in [3.8, 4) is 0 Å². The van der Waals surface area contributed by atoms with E-state index in [0.717, 1.165) is 18.4 Å². The predicted octanol–water partition coefficient (Wildman–Crippen LogP) is 2.63. The van der Waals surface area contributed by atoms with Crippen LogP contribution in [-0.2, 0) is 0 Å². The Hall–Kier alpha value is -0.0800. The first-order valence-electron chi connectivity index (χ1n) is 7.09. The van der Waals surface area contributed by atoms with Gasteiger partial charge in [0, 0.05) is 12.1 Å². The Kier molecular flexibility index (Phi) is 3.91. The van der Waals surface area contributed by atoms with Crippen molar-refractivity contribution in [1.29, 1.82) is 0 Å². The van der Waals surface area contributed by atoms with Gasteiger partial charge in [-0.05, 0) is 51.1 Å². The van der Waals surface area contributed by atoms with Crippen molar-refractivity contribution in [2.24, 2.45) is 17.6 Å². The lowest BCUT2D eigenvalue weighted by molar-refractivity contribution is 0.0401. The smallest absolute Gasteiger partial charge is 0.0306 e. The van der Waals surface area contributed by atoms with Crippen LogP contribution in [0.25, 0.3) is 0 Å². The van der Waals surface area contributed by atoms with Crippen LogP contribution in [0.5, 0.6) is 0 Å². The molecule has 1 atom stereocenters. The Labute approximate surface area is 101 Å². The molecule has 16 heavy (non-hydrogen) atoms. The Balaban J connectivity index is 1.90. The summed E-state index contributed by atoms with van der Waals surface area (Å²) in [5, 5.41) is 0. The Morgan fingerprint density at radius 1 is 1.19 bits per heavy atom. The monoisotopic (exact) mass is 224 g/mol. The van der Waals surface area contributed by atoms with Crippen LogP contribution in [0, 0.1) is 11.8 Å². The van der Waals surface area contributed by atoms with Crippen molar-refractivity contribution in [3.05, 3.63) is 0 Å². The van der Waals surface area contributed by atoms with Crippen LogP contribution in [0.1, 0.15) is 52.4 Å². The zero-order valence-corrected chi connectivity index (χ0v) is 11.0. The number of rotatable bonds is 4. The molecular formula is C14H28N2. The van der Waals surface area contributed by atoms with E-state index in [1.807, 2.05) is 0 Å². The third-order valence-corrected chi connectivity index (χ3v) is 4.94. The van der Waals surface area contributed by atoms with E-state index in [-0.39, 0.29) is 5.54 Å². The molecule has 2 N–H and O–H groups in total. The molecule has 0 radical (unpaired) electrons. The van der Waals surface area contributed by atoms with E-state index in [1.165, 1.54) is 51.6 Å². The number of likely N-dealkylation sites (tertiary alicyclic amines) is 1. The highest BCUT2D eigenvalue weighted by Gasteiger charge is 2.36. The number of hydrogen-bond acceptors (Lipinski definition) is 2. The minimum absolute atomic E-state index is 0.283. The highest BCUT2D eigenvalue weighted by molar-refractivity contribution is 4.93. The van der Waals surface area contributed by atoms with E-state index in [0.29, 0.717) is 0 Å². The number of piperidine rings is 1. The maximum absolute atomic E-state index is 6.06. The van der Waals surface area contributed by atoms with Crippen molar-refractivity contribution in [2.75, 3.05) is 19.6 Å². The number of nitrogens with zero attached hydrogens (tertiary/aromatic N) is 1. The van der Waals surface area contributed by atoms with Gasteiger partial charge in [-0.3, -0.25) is 4.90 Å². The first-order valence-corrected chi connectivity index (χ1v) is 7.09. The average Bonchev–Trinajstić information content (AvgIpc) is 2.24. The van der Waals surface area contributed by atoms with Crippen LogP contribution >= 0.6 is 0 Å². The fourth-order valence-electron chi connectivity index (χ4n) is 3.21. The van der Waals surface area contributed by atoms with Crippen LogP contribution in [-0.4, -0.2) is 30.1 Å². The third-order valence-electron chi connectivity index (χ3n) is 4.94. The second-order valence-corrected chi connectivity index (χ2v) is 6.37. The van der Waals surface area contributed by atoms with Gasteiger partial charge in [-0.1, -0.05) is 26.2 Å². The van der Waals surface area contributed by atoms with Gasteiger partial charge >= 0.3 is 0 Å². The van der Waals surface area contributed by atoms with E-state index in [1.54, 1.807) is 0 Å². The van der Waals surface area contributed by atoms with Gasteiger partial charge in [-0.15, -0.1) is 0 Å². The molecule has 0 bridgehead atoms. The van der Waals surface area contributed by atoms with Gasteiger partial charge in [-0.2, -0.15) is 0 Å². The molecule has 2 nitrogen and oxygen atoms in total. The summed E-state index contributed by atoms with van der Waals surface area (Å²) >= 11 is 0. The second-order valence-electron chi connectivity index (χ2n) is 6.37. The molecule has 0 spiro atoms. The molecule has 1 saturated heterocycles. The lowest BCUT2D eigenvalue weighted by Crippen LogP contribution is -2.55. The Morgan fingerprint density at radius 2 is 1.81 bits per heavy atom. The van der Waals surface area contributed by atoms with Gasteiger partial charge < -0.3 is 5.73 Å². The summed E-state index contributed by atoms with van der Waals surface area (Å²) < 4.78 is 0. The molecule has 2 heteroatoms. The van der Waals surface area contributed by atoms with Gasteiger partial charge in [0.25, 0.3) is 0 Å². The van der Waals surface area contributed by atoms with Crippen molar-refractivity contribution in [3.63, 3.8) is 0 Å². The lowest BCUT2D eigenvalue weighted by atomic mass is 9.75. The minimum atomic E-state index is 0.283. The zero-order valence-electron chi connectivity index (χ0n) is 11.0. The van der Waals surface area contributed by atoms with Gasteiger partial charge in [0.05, 0.1) is 0 Å². The molecule has 1 saturated carbocycles. The molecule has 1 aliphatic heterocycles. The zero-order chi connectivity index (χ0) is 11.6. The first-order chi connectivity index (χ1) is 7.64. The molecule has 1 heterocycles. The average molecular weight is 224 g/mol. The van der Waals surface area contributed by atoms with Crippen LogP contribution in [0.4, 0.5) is 0 Å². The molecule has 2 rings (SSSR count). The molecule has 2 aliphatic rings. The van der Waals surface area contributed by atoms with Crippen LogP contribution in [0.2, 0.25) is 0 Å². The minimum Gasteiger partial charge on any atom is -0.329 e. The van der Waals surface area contributed by atoms with Crippen LogP contribution in [0.3, 0.4) is 0 Å². The molecule has 0 amide bonds. The Bertz CT molecular complexity index is 217. The SMILES string of the molecule is CC1CCN(C(C)(CN)CC2CCC2)CC1. The van der Waals surface area contributed by atoms with Crippen LogP contribution in [0.15, 0.2) is 0 Å². The van der Waals surface area contributed by atoms with Crippen molar-refractivity contribution in [2.45, 2.75) is 57.9 Å². The maximum Gasteiger partial charge on any atom is 0.0306 e. The number of hydrogen-bond donors (Lipinski definition) is 1. The maximum atomic E-state index is 6.06. The van der Waals surface area contributed by atoms with Crippen molar-refractivity contribution >= 4 is 0 Å². The highest BCUT2D eigenvalue weighted by atomic mass is 15.2. The summed E-state index contributed by atoms with van der Waals surface area (Å²) in [6.07, 6.45) is 8.39. The molecule has 1 unspecified atom stereocenters. The standard InChI is InChI=1S/C14H28N2/c1-12-6-8-16(9-7-12)14(2,11-15)10-13-4-3-5-13/h12-13H,3-11,15H2,1-2H3. The fraction of sp³-hybridized carbons (Fsp3) is 1.00. The molecular weight excluding hydrogens is 196 g/mol. The molecule has 0 aromatic carbocycles. The van der Waals surface area contributed by atoms with Gasteiger partial charge in [0.15, 0.2) is 0 Å². The predicted molar refractivity (Wildman–Crippen MR) is 69.4 cm³/mol. The largest absolute Gasteiger partial charge is 0.329 e. The third kappa shape index (κ3) is 2.60. The Morgan fingerprint density at radius 3 is 2.25 bits per heavy atom. The topological polar surface area (TPSA) is 29.3 Å². The second kappa shape index (κ2) is 5.05. The molecule has 0 aromatic rings. The lowest BCUT2D eigenvalue weighted by Gasteiger charge is -2.47. The normalized spacial score (nSPS) is 28.7. The van der Waals surface area contributed by atoms with E-state index in [4.69, 9.17) is 5.73 Å². The van der Waals surface area contributed by atoms with E-state index in [9.17, 15) is 0 Å².